The largest absolute Gasteiger partial charge is 0.330 e. The van der Waals surface area contributed by atoms with Crippen LogP contribution in [0, 0.1) is 11.8 Å². The number of hydrogen-bond acceptors (Lipinski definition) is 2. The molecule has 1 aromatic heterocycles. The number of aromatic nitrogens is 2. The van der Waals surface area contributed by atoms with Gasteiger partial charge in [0.1, 0.15) is 5.69 Å². The van der Waals surface area contributed by atoms with Gasteiger partial charge in [0.2, 0.25) is 0 Å². The zero-order chi connectivity index (χ0) is 9.52. The number of nitrogens with two attached hydrogens (primary N) is 1. The van der Waals surface area contributed by atoms with Gasteiger partial charge in [0, 0.05) is 13.0 Å². The van der Waals surface area contributed by atoms with Crippen molar-refractivity contribution in [2.24, 2.45) is 5.73 Å². The topological polar surface area (TPSA) is 43.8 Å². The summed E-state index contributed by atoms with van der Waals surface area (Å²) in [4.78, 5) is 0. The summed E-state index contributed by atoms with van der Waals surface area (Å²) >= 11 is 0. The van der Waals surface area contributed by atoms with Gasteiger partial charge in [-0.25, -0.2) is 0 Å². The molecule has 70 valence electrons. The molecular formula is C10H15N3. The van der Waals surface area contributed by atoms with E-state index < -0.39 is 0 Å². The lowest BCUT2D eigenvalue weighted by molar-refractivity contribution is 0.652. The van der Waals surface area contributed by atoms with Crippen LogP contribution in [0.4, 0.5) is 0 Å². The van der Waals surface area contributed by atoms with E-state index in [1.165, 1.54) is 0 Å². The van der Waals surface area contributed by atoms with Crippen LogP contribution in [0.5, 0.6) is 0 Å². The average Bonchev–Trinajstić information content (AvgIpc) is 2.60. The van der Waals surface area contributed by atoms with Crippen LogP contribution in [0.2, 0.25) is 0 Å². The molecule has 0 atom stereocenters. The van der Waals surface area contributed by atoms with Crippen LogP contribution in [-0.2, 0) is 6.54 Å². The van der Waals surface area contributed by atoms with Gasteiger partial charge in [-0.15, -0.1) is 0 Å². The van der Waals surface area contributed by atoms with Gasteiger partial charge in [-0.3, -0.25) is 4.68 Å². The van der Waals surface area contributed by atoms with Gasteiger partial charge in [0.15, 0.2) is 0 Å². The first-order valence-electron chi connectivity index (χ1n) is 4.59. The summed E-state index contributed by atoms with van der Waals surface area (Å²) in [5, 5.41) is 4.12. The lowest BCUT2D eigenvalue weighted by atomic mass is 10.3. The highest BCUT2D eigenvalue weighted by molar-refractivity contribution is 5.26. The number of unbranched alkanes of at least 4 members (excludes halogenated alkanes) is 1. The minimum atomic E-state index is 0.710. The molecule has 1 heterocycles. The van der Waals surface area contributed by atoms with E-state index in [4.69, 9.17) is 5.73 Å². The molecule has 0 saturated heterocycles. The van der Waals surface area contributed by atoms with Crippen molar-refractivity contribution in [3.63, 3.8) is 0 Å². The normalized spacial score (nSPS) is 9.38. The third-order valence-corrected chi connectivity index (χ3v) is 1.74. The van der Waals surface area contributed by atoms with Crippen molar-refractivity contribution in [1.29, 1.82) is 0 Å². The molecule has 1 aromatic rings. The van der Waals surface area contributed by atoms with Gasteiger partial charge < -0.3 is 5.73 Å². The van der Waals surface area contributed by atoms with Crippen molar-refractivity contribution in [3.8, 4) is 11.8 Å². The number of aryl methyl sites for hydroxylation is 1. The van der Waals surface area contributed by atoms with Crippen molar-refractivity contribution < 1.29 is 0 Å². The molecule has 0 aliphatic carbocycles. The lowest BCUT2D eigenvalue weighted by Crippen LogP contribution is -1.99. The van der Waals surface area contributed by atoms with Crippen LogP contribution in [0.1, 0.15) is 25.5 Å². The standard InChI is InChI=1S/C10H15N3/c1-2-13-10(7-9-12-13)6-4-3-5-8-11/h7,9H,2-3,5,8,11H2,1H3. The smallest absolute Gasteiger partial charge is 0.111 e. The van der Waals surface area contributed by atoms with Crippen LogP contribution in [0.25, 0.3) is 0 Å². The number of hydrogen-bond donors (Lipinski definition) is 1. The molecule has 0 aliphatic heterocycles. The third-order valence-electron chi connectivity index (χ3n) is 1.74. The van der Waals surface area contributed by atoms with Gasteiger partial charge in [-0.05, 0) is 31.9 Å². The number of rotatable bonds is 3. The molecule has 3 nitrogen and oxygen atoms in total. The molecule has 1 rings (SSSR count). The Morgan fingerprint density at radius 2 is 2.46 bits per heavy atom. The highest BCUT2D eigenvalue weighted by Gasteiger charge is 1.93. The van der Waals surface area contributed by atoms with Crippen molar-refractivity contribution in [1.82, 2.24) is 9.78 Å². The van der Waals surface area contributed by atoms with Crippen molar-refractivity contribution >= 4 is 0 Å². The molecule has 0 aliphatic rings. The maximum Gasteiger partial charge on any atom is 0.111 e. The first kappa shape index (κ1) is 9.82. The first-order valence-corrected chi connectivity index (χ1v) is 4.59. The molecule has 3 heteroatoms. The van der Waals surface area contributed by atoms with E-state index in [0.717, 1.165) is 25.1 Å². The van der Waals surface area contributed by atoms with E-state index in [9.17, 15) is 0 Å². The average molecular weight is 177 g/mol. The van der Waals surface area contributed by atoms with Crippen molar-refractivity contribution in [2.75, 3.05) is 6.54 Å². The molecule has 0 spiro atoms. The fraction of sp³-hybridized carbons (Fsp3) is 0.500. The molecule has 13 heavy (non-hydrogen) atoms. The van der Waals surface area contributed by atoms with Crippen LogP contribution >= 0.6 is 0 Å². The van der Waals surface area contributed by atoms with Gasteiger partial charge in [-0.1, -0.05) is 5.92 Å². The third kappa shape index (κ3) is 2.92. The second kappa shape index (κ2) is 5.39. The quantitative estimate of drug-likeness (QED) is 0.553. The minimum Gasteiger partial charge on any atom is -0.330 e. The predicted molar refractivity (Wildman–Crippen MR) is 53.1 cm³/mol. The summed E-state index contributed by atoms with van der Waals surface area (Å²) in [6, 6.07) is 1.93. The monoisotopic (exact) mass is 177 g/mol. The summed E-state index contributed by atoms with van der Waals surface area (Å²) in [6.07, 6.45) is 3.61. The Morgan fingerprint density at radius 1 is 1.62 bits per heavy atom. The maximum atomic E-state index is 5.36. The Labute approximate surface area is 78.9 Å². The molecule has 0 radical (unpaired) electrons. The second-order valence-electron chi connectivity index (χ2n) is 2.73. The molecule has 0 amide bonds. The molecule has 0 unspecified atom stereocenters. The SMILES string of the molecule is CCn1nccc1C#CCCCN. The van der Waals surface area contributed by atoms with Crippen LogP contribution in [0.3, 0.4) is 0 Å². The fourth-order valence-electron chi connectivity index (χ4n) is 1.03. The molecule has 2 N–H and O–H groups in total. The zero-order valence-corrected chi connectivity index (χ0v) is 7.95. The number of nitrogens with zero attached hydrogens (tertiary/aromatic N) is 2. The van der Waals surface area contributed by atoms with E-state index >= 15 is 0 Å². The second-order valence-corrected chi connectivity index (χ2v) is 2.73. The Hall–Kier alpha value is -1.27. The Morgan fingerprint density at radius 3 is 3.15 bits per heavy atom. The molecule has 0 bridgehead atoms. The lowest BCUT2D eigenvalue weighted by Gasteiger charge is -1.95. The fourth-order valence-corrected chi connectivity index (χ4v) is 1.03. The van der Waals surface area contributed by atoms with Crippen LogP contribution in [-0.4, -0.2) is 16.3 Å². The van der Waals surface area contributed by atoms with Crippen molar-refractivity contribution in [2.45, 2.75) is 26.3 Å². The Bertz CT molecular complexity index is 303. The maximum absolute atomic E-state index is 5.36. The molecule has 0 saturated carbocycles. The summed E-state index contributed by atoms with van der Waals surface area (Å²) in [6.45, 7) is 3.63. The van der Waals surface area contributed by atoms with E-state index in [2.05, 4.69) is 23.9 Å². The predicted octanol–water partition coefficient (Wildman–Crippen LogP) is 0.993. The highest BCUT2D eigenvalue weighted by atomic mass is 15.3. The minimum absolute atomic E-state index is 0.710. The van der Waals surface area contributed by atoms with Gasteiger partial charge in [0.25, 0.3) is 0 Å². The Kier molecular flexibility index (Phi) is 4.07. The van der Waals surface area contributed by atoms with E-state index in [-0.39, 0.29) is 0 Å². The highest BCUT2D eigenvalue weighted by Crippen LogP contribution is 1.96. The van der Waals surface area contributed by atoms with Gasteiger partial charge in [-0.2, -0.15) is 5.10 Å². The summed E-state index contributed by atoms with van der Waals surface area (Å²) in [5.41, 5.74) is 6.34. The van der Waals surface area contributed by atoms with Gasteiger partial charge >= 0.3 is 0 Å². The van der Waals surface area contributed by atoms with Crippen LogP contribution < -0.4 is 5.73 Å². The van der Waals surface area contributed by atoms with Crippen LogP contribution in [0.15, 0.2) is 12.3 Å². The molecule has 0 aromatic carbocycles. The van der Waals surface area contributed by atoms with E-state index in [1.54, 1.807) is 6.20 Å². The van der Waals surface area contributed by atoms with Crippen molar-refractivity contribution in [3.05, 3.63) is 18.0 Å². The summed E-state index contributed by atoms with van der Waals surface area (Å²) < 4.78 is 1.88. The Balaban J connectivity index is 2.55. The summed E-state index contributed by atoms with van der Waals surface area (Å²) in [7, 11) is 0. The molecule has 0 fully saturated rings. The van der Waals surface area contributed by atoms with Gasteiger partial charge in [0.05, 0.1) is 6.20 Å². The summed E-state index contributed by atoms with van der Waals surface area (Å²) in [5.74, 6) is 6.15. The van der Waals surface area contributed by atoms with E-state index in [1.807, 2.05) is 10.7 Å². The van der Waals surface area contributed by atoms with E-state index in [0.29, 0.717) is 6.54 Å². The zero-order valence-electron chi connectivity index (χ0n) is 7.95. The first-order chi connectivity index (χ1) is 6.38. The molecular weight excluding hydrogens is 162 g/mol.